The van der Waals surface area contributed by atoms with Crippen molar-refractivity contribution in [2.24, 2.45) is 11.8 Å². The normalized spacial score (nSPS) is 25.4. The standard InChI is InChI=1S/C25H24N4O/c1-16-20-8-9-21-23(25(20,2)14-18(15-26)22(16)30)28-24(17-10-12-27-13-11-17)29(21)19-6-4-3-5-7-19/h3-7,10-13,16,20,30H,8-9,14H2,1-2H3/t16-,20-,25-/m1/s1. The van der Waals surface area contributed by atoms with E-state index in [2.05, 4.69) is 34.7 Å². The van der Waals surface area contributed by atoms with E-state index in [0.29, 0.717) is 12.0 Å². The Morgan fingerprint density at radius 1 is 1.17 bits per heavy atom. The zero-order valence-corrected chi connectivity index (χ0v) is 17.2. The van der Waals surface area contributed by atoms with E-state index in [0.717, 1.165) is 35.6 Å². The number of pyridine rings is 1. The topological polar surface area (TPSA) is 74.7 Å². The molecule has 5 rings (SSSR count). The molecule has 1 N–H and O–H groups in total. The van der Waals surface area contributed by atoms with E-state index in [1.807, 2.05) is 37.3 Å². The van der Waals surface area contributed by atoms with Gasteiger partial charge in [0.15, 0.2) is 0 Å². The van der Waals surface area contributed by atoms with Crippen LogP contribution in [-0.2, 0) is 11.8 Å². The van der Waals surface area contributed by atoms with Crippen molar-refractivity contribution in [1.82, 2.24) is 14.5 Å². The van der Waals surface area contributed by atoms with E-state index in [9.17, 15) is 10.4 Å². The summed E-state index contributed by atoms with van der Waals surface area (Å²) in [5, 5.41) is 20.2. The van der Waals surface area contributed by atoms with Crippen molar-refractivity contribution in [3.05, 3.63) is 77.6 Å². The Hall–Kier alpha value is -3.39. The average Bonchev–Trinajstić information content (AvgIpc) is 3.18. The molecule has 5 heteroatoms. The molecule has 0 aliphatic heterocycles. The molecule has 0 spiro atoms. The van der Waals surface area contributed by atoms with Crippen molar-refractivity contribution in [2.75, 3.05) is 0 Å². The smallest absolute Gasteiger partial charge is 0.145 e. The van der Waals surface area contributed by atoms with Crippen LogP contribution in [0.3, 0.4) is 0 Å². The van der Waals surface area contributed by atoms with Crippen molar-refractivity contribution in [3.8, 4) is 23.1 Å². The summed E-state index contributed by atoms with van der Waals surface area (Å²) >= 11 is 0. The van der Waals surface area contributed by atoms with Crippen LogP contribution in [0.15, 0.2) is 66.2 Å². The van der Waals surface area contributed by atoms with Crippen molar-refractivity contribution in [2.45, 2.75) is 38.5 Å². The zero-order valence-electron chi connectivity index (χ0n) is 17.2. The van der Waals surface area contributed by atoms with Gasteiger partial charge in [0.1, 0.15) is 11.6 Å². The van der Waals surface area contributed by atoms with Crippen LogP contribution in [0.4, 0.5) is 0 Å². The number of benzene rings is 1. The number of nitriles is 1. The summed E-state index contributed by atoms with van der Waals surface area (Å²) in [4.78, 5) is 9.37. The third-order valence-electron chi connectivity index (χ3n) is 7.00. The highest BCUT2D eigenvalue weighted by Crippen LogP contribution is 2.53. The van der Waals surface area contributed by atoms with Gasteiger partial charge in [-0.15, -0.1) is 0 Å². The van der Waals surface area contributed by atoms with Crippen LogP contribution in [0.2, 0.25) is 0 Å². The Morgan fingerprint density at radius 3 is 2.60 bits per heavy atom. The van der Waals surface area contributed by atoms with E-state index in [1.54, 1.807) is 12.4 Å². The second kappa shape index (κ2) is 6.84. The molecule has 0 fully saturated rings. The maximum atomic E-state index is 10.6. The Morgan fingerprint density at radius 2 is 1.90 bits per heavy atom. The predicted octanol–water partition coefficient (Wildman–Crippen LogP) is 5.13. The van der Waals surface area contributed by atoms with Gasteiger partial charge in [0.2, 0.25) is 0 Å². The molecule has 150 valence electrons. The molecule has 3 aromatic rings. The molecule has 5 nitrogen and oxygen atoms in total. The molecule has 30 heavy (non-hydrogen) atoms. The first-order valence-corrected chi connectivity index (χ1v) is 10.4. The fourth-order valence-electron chi connectivity index (χ4n) is 5.51. The molecule has 0 saturated carbocycles. The number of para-hydroxylation sites is 1. The number of hydrogen-bond donors (Lipinski definition) is 1. The summed E-state index contributed by atoms with van der Waals surface area (Å²) < 4.78 is 2.26. The van der Waals surface area contributed by atoms with Crippen LogP contribution in [0.1, 0.15) is 38.1 Å². The van der Waals surface area contributed by atoms with E-state index in [1.165, 1.54) is 5.69 Å². The Kier molecular flexibility index (Phi) is 4.25. The van der Waals surface area contributed by atoms with E-state index in [4.69, 9.17) is 4.98 Å². The molecule has 2 aliphatic rings. The number of allylic oxidation sites excluding steroid dienone is 2. The molecule has 2 aromatic heterocycles. The number of fused-ring (bicyclic) bond motifs is 3. The summed E-state index contributed by atoms with van der Waals surface area (Å²) in [6.45, 7) is 4.26. The van der Waals surface area contributed by atoms with E-state index < -0.39 is 0 Å². The lowest BCUT2D eigenvalue weighted by atomic mass is 9.57. The van der Waals surface area contributed by atoms with Gasteiger partial charge in [-0.2, -0.15) is 5.26 Å². The highest BCUT2D eigenvalue weighted by molar-refractivity contribution is 5.61. The van der Waals surface area contributed by atoms with Crippen molar-refractivity contribution < 1.29 is 5.11 Å². The minimum absolute atomic E-state index is 0.0437. The first-order valence-electron chi connectivity index (χ1n) is 10.4. The lowest BCUT2D eigenvalue weighted by Gasteiger charge is -2.46. The summed E-state index contributed by atoms with van der Waals surface area (Å²) in [5.41, 5.74) is 4.58. The van der Waals surface area contributed by atoms with Gasteiger partial charge < -0.3 is 5.11 Å². The van der Waals surface area contributed by atoms with Crippen molar-refractivity contribution >= 4 is 0 Å². The molecule has 0 bridgehead atoms. The van der Waals surface area contributed by atoms with Gasteiger partial charge in [0, 0.05) is 40.7 Å². The molecular weight excluding hydrogens is 372 g/mol. The Labute approximate surface area is 176 Å². The fourth-order valence-corrected chi connectivity index (χ4v) is 5.51. The van der Waals surface area contributed by atoms with Gasteiger partial charge in [0.25, 0.3) is 0 Å². The summed E-state index contributed by atoms with van der Waals surface area (Å²) in [7, 11) is 0. The van der Waals surface area contributed by atoms with Gasteiger partial charge >= 0.3 is 0 Å². The number of aromatic nitrogens is 3. The lowest BCUT2D eigenvalue weighted by molar-refractivity contribution is 0.135. The molecule has 2 heterocycles. The maximum absolute atomic E-state index is 10.6. The first kappa shape index (κ1) is 18.6. The van der Waals surface area contributed by atoms with Gasteiger partial charge in [-0.1, -0.05) is 32.0 Å². The van der Waals surface area contributed by atoms with Crippen LogP contribution in [0.25, 0.3) is 17.1 Å². The predicted molar refractivity (Wildman–Crippen MR) is 115 cm³/mol. The third-order valence-corrected chi connectivity index (χ3v) is 7.00. The summed E-state index contributed by atoms with van der Waals surface area (Å²) in [6.07, 6.45) is 5.96. The van der Waals surface area contributed by atoms with Crippen LogP contribution in [0.5, 0.6) is 0 Å². The van der Waals surface area contributed by atoms with E-state index in [-0.39, 0.29) is 23.0 Å². The molecule has 1 aromatic carbocycles. The van der Waals surface area contributed by atoms with Gasteiger partial charge in [0.05, 0.1) is 17.3 Å². The molecular formula is C25H24N4O. The number of aliphatic hydroxyl groups excluding tert-OH is 1. The number of aliphatic hydroxyl groups is 1. The first-order chi connectivity index (χ1) is 14.5. The summed E-state index contributed by atoms with van der Waals surface area (Å²) in [6, 6.07) is 16.5. The minimum Gasteiger partial charge on any atom is -0.511 e. The largest absolute Gasteiger partial charge is 0.511 e. The van der Waals surface area contributed by atoms with Crippen LogP contribution < -0.4 is 0 Å². The maximum Gasteiger partial charge on any atom is 0.145 e. The van der Waals surface area contributed by atoms with Crippen LogP contribution >= 0.6 is 0 Å². The SMILES string of the molecule is C[C@H]1C(O)=C(C#N)C[C@@]2(C)c3nc(-c4ccncc4)n(-c4ccccc4)c3CC[C@H]12. The molecule has 0 unspecified atom stereocenters. The number of rotatable bonds is 2. The van der Waals surface area contributed by atoms with Crippen molar-refractivity contribution in [1.29, 1.82) is 5.26 Å². The highest BCUT2D eigenvalue weighted by atomic mass is 16.3. The molecule has 0 saturated heterocycles. The Balaban J connectivity index is 1.77. The number of hydrogen-bond acceptors (Lipinski definition) is 4. The number of imidazole rings is 1. The second-order valence-electron chi connectivity index (χ2n) is 8.64. The third kappa shape index (κ3) is 2.60. The lowest BCUT2D eigenvalue weighted by Crippen LogP contribution is -2.44. The quantitative estimate of drug-likeness (QED) is 0.652. The monoisotopic (exact) mass is 396 g/mol. The highest BCUT2D eigenvalue weighted by Gasteiger charge is 2.50. The number of nitrogens with zero attached hydrogens (tertiary/aromatic N) is 4. The minimum atomic E-state index is -0.286. The van der Waals surface area contributed by atoms with E-state index >= 15 is 0 Å². The summed E-state index contributed by atoms with van der Waals surface area (Å²) in [5.74, 6) is 1.38. The van der Waals surface area contributed by atoms with Gasteiger partial charge in [-0.05, 0) is 49.4 Å². The Bertz CT molecular complexity index is 1170. The zero-order chi connectivity index (χ0) is 20.9. The van der Waals surface area contributed by atoms with Crippen molar-refractivity contribution in [3.63, 3.8) is 0 Å². The molecule has 0 radical (unpaired) electrons. The van der Waals surface area contributed by atoms with Crippen LogP contribution in [0, 0.1) is 23.2 Å². The fraction of sp³-hybridized carbons (Fsp3) is 0.320. The second-order valence-corrected chi connectivity index (χ2v) is 8.64. The molecule has 3 atom stereocenters. The van der Waals surface area contributed by atoms with Gasteiger partial charge in [-0.25, -0.2) is 4.98 Å². The molecule has 0 amide bonds. The molecule has 2 aliphatic carbocycles. The van der Waals surface area contributed by atoms with Gasteiger partial charge in [-0.3, -0.25) is 9.55 Å². The average molecular weight is 396 g/mol. The van der Waals surface area contributed by atoms with Crippen LogP contribution in [-0.4, -0.2) is 19.6 Å².